The largest absolute Gasteiger partial charge is 0.476 e. The van der Waals surface area contributed by atoms with Crippen molar-refractivity contribution in [3.8, 4) is 0 Å². The van der Waals surface area contributed by atoms with Crippen molar-refractivity contribution in [2.24, 2.45) is 0 Å². The first-order valence-corrected chi connectivity index (χ1v) is 4.76. The maximum Gasteiger partial charge on any atom is 0.356 e. The summed E-state index contributed by atoms with van der Waals surface area (Å²) in [5, 5.41) is 8.42. The van der Waals surface area contributed by atoms with Crippen molar-refractivity contribution in [3.63, 3.8) is 0 Å². The second-order valence-electron chi connectivity index (χ2n) is 2.29. The Balaban J connectivity index is 3.34. The molecule has 0 aliphatic rings. The molecular formula is C7H3ClF2INO2. The average Bonchev–Trinajstić information content (AvgIpc) is 2.02. The summed E-state index contributed by atoms with van der Waals surface area (Å²) in [4.78, 5) is 13.8. The minimum absolute atomic E-state index is 0.146. The molecule has 0 aliphatic carbocycles. The van der Waals surface area contributed by atoms with Crippen LogP contribution >= 0.6 is 34.2 Å². The summed E-state index contributed by atoms with van der Waals surface area (Å²) >= 11 is 7.13. The zero-order valence-corrected chi connectivity index (χ0v) is 9.38. The summed E-state index contributed by atoms with van der Waals surface area (Å²) in [6.07, 6.45) is -2.81. The highest BCUT2D eigenvalue weighted by atomic mass is 127. The lowest BCUT2D eigenvalue weighted by molar-refractivity contribution is 0.0689. The van der Waals surface area contributed by atoms with E-state index in [1.54, 1.807) is 22.6 Å². The SMILES string of the molecule is O=C(O)c1nc(C(F)F)c(I)cc1Cl. The third kappa shape index (κ3) is 2.30. The molecule has 0 atom stereocenters. The fourth-order valence-corrected chi connectivity index (χ4v) is 1.87. The molecule has 1 aromatic rings. The van der Waals surface area contributed by atoms with Crippen molar-refractivity contribution < 1.29 is 18.7 Å². The van der Waals surface area contributed by atoms with Gasteiger partial charge in [-0.1, -0.05) is 11.6 Å². The number of aromatic nitrogens is 1. The molecule has 0 radical (unpaired) electrons. The molecule has 76 valence electrons. The van der Waals surface area contributed by atoms with E-state index < -0.39 is 23.8 Å². The Kier molecular flexibility index (Phi) is 3.59. The van der Waals surface area contributed by atoms with E-state index in [4.69, 9.17) is 16.7 Å². The summed E-state index contributed by atoms with van der Waals surface area (Å²) in [6, 6.07) is 1.15. The molecule has 0 fully saturated rings. The van der Waals surface area contributed by atoms with Crippen LogP contribution in [0.15, 0.2) is 6.07 Å². The molecule has 3 nitrogen and oxygen atoms in total. The lowest BCUT2D eigenvalue weighted by Crippen LogP contribution is -2.06. The Hall–Kier alpha value is -0.500. The molecule has 0 spiro atoms. The van der Waals surface area contributed by atoms with Gasteiger partial charge in [0.15, 0.2) is 5.69 Å². The van der Waals surface area contributed by atoms with E-state index in [1.165, 1.54) is 0 Å². The van der Waals surface area contributed by atoms with E-state index in [2.05, 4.69) is 4.98 Å². The van der Waals surface area contributed by atoms with Gasteiger partial charge in [-0.15, -0.1) is 0 Å². The quantitative estimate of drug-likeness (QED) is 0.847. The number of carbonyl (C=O) groups is 1. The summed E-state index contributed by atoms with van der Waals surface area (Å²) in [5.74, 6) is -1.42. The standard InChI is InChI=1S/C7H3ClF2INO2/c8-2-1-3(11)5(6(9)10)12-4(2)7(13)14/h1,6H,(H,13,14). The molecule has 7 heteroatoms. The molecule has 14 heavy (non-hydrogen) atoms. The third-order valence-electron chi connectivity index (χ3n) is 1.37. The number of carboxylic acid groups (broad SMARTS) is 1. The highest BCUT2D eigenvalue weighted by Crippen LogP contribution is 2.26. The number of rotatable bonds is 2. The van der Waals surface area contributed by atoms with Crippen molar-refractivity contribution in [2.45, 2.75) is 6.43 Å². The summed E-state index contributed by atoms with van der Waals surface area (Å²) < 4.78 is 24.7. The number of aromatic carboxylic acids is 1. The van der Waals surface area contributed by atoms with Crippen molar-refractivity contribution in [3.05, 3.63) is 26.0 Å². The first-order chi connectivity index (χ1) is 6.43. The second kappa shape index (κ2) is 4.35. The monoisotopic (exact) mass is 333 g/mol. The summed E-state index contributed by atoms with van der Waals surface area (Å²) in [6.45, 7) is 0. The van der Waals surface area contributed by atoms with Gasteiger partial charge >= 0.3 is 5.97 Å². The molecule has 0 saturated heterocycles. The smallest absolute Gasteiger partial charge is 0.356 e. The Morgan fingerprint density at radius 3 is 2.64 bits per heavy atom. The fraction of sp³-hybridized carbons (Fsp3) is 0.143. The van der Waals surface area contributed by atoms with Crippen molar-refractivity contribution in [1.29, 1.82) is 0 Å². The van der Waals surface area contributed by atoms with E-state index in [0.717, 1.165) is 6.07 Å². The molecular weight excluding hydrogens is 330 g/mol. The van der Waals surface area contributed by atoms with Crippen molar-refractivity contribution in [2.75, 3.05) is 0 Å². The Bertz CT molecular complexity index is 386. The van der Waals surface area contributed by atoms with Gasteiger partial charge in [-0.25, -0.2) is 18.6 Å². The van der Waals surface area contributed by atoms with Crippen LogP contribution in [0, 0.1) is 3.57 Å². The van der Waals surface area contributed by atoms with Crippen LogP contribution in [0.5, 0.6) is 0 Å². The second-order valence-corrected chi connectivity index (χ2v) is 3.86. The first-order valence-electron chi connectivity index (χ1n) is 3.31. The summed E-state index contributed by atoms with van der Waals surface area (Å²) in [5.41, 5.74) is -1.12. The zero-order valence-electron chi connectivity index (χ0n) is 6.47. The van der Waals surface area contributed by atoms with Gasteiger partial charge in [-0.2, -0.15) is 0 Å². The normalized spacial score (nSPS) is 10.6. The molecule has 0 aromatic carbocycles. The number of carboxylic acids is 1. The lowest BCUT2D eigenvalue weighted by Gasteiger charge is -2.05. The number of alkyl halides is 2. The Labute approximate surface area is 96.2 Å². The molecule has 1 heterocycles. The molecule has 1 rings (SSSR count). The third-order valence-corrected chi connectivity index (χ3v) is 2.52. The van der Waals surface area contributed by atoms with E-state index in [9.17, 15) is 13.6 Å². The van der Waals surface area contributed by atoms with Gasteiger partial charge < -0.3 is 5.11 Å². The van der Waals surface area contributed by atoms with Crippen LogP contribution in [-0.4, -0.2) is 16.1 Å². The topological polar surface area (TPSA) is 50.2 Å². The number of hydrogen-bond acceptors (Lipinski definition) is 2. The molecule has 1 aromatic heterocycles. The highest BCUT2D eigenvalue weighted by Gasteiger charge is 2.19. The van der Waals surface area contributed by atoms with Gasteiger partial charge in [-0.3, -0.25) is 0 Å². The van der Waals surface area contributed by atoms with Crippen molar-refractivity contribution >= 4 is 40.2 Å². The molecule has 0 bridgehead atoms. The Morgan fingerprint density at radius 2 is 2.21 bits per heavy atom. The van der Waals surface area contributed by atoms with Gasteiger partial charge in [-0.05, 0) is 28.7 Å². The predicted molar refractivity (Wildman–Crippen MR) is 53.9 cm³/mol. The first kappa shape index (κ1) is 11.6. The van der Waals surface area contributed by atoms with Crippen LogP contribution in [-0.2, 0) is 0 Å². The van der Waals surface area contributed by atoms with E-state index in [-0.39, 0.29) is 8.59 Å². The zero-order chi connectivity index (χ0) is 10.9. The van der Waals surface area contributed by atoms with Crippen LogP contribution in [0.3, 0.4) is 0 Å². The number of nitrogens with zero attached hydrogens (tertiary/aromatic N) is 1. The van der Waals surface area contributed by atoms with E-state index in [0.29, 0.717) is 0 Å². The number of hydrogen-bond donors (Lipinski definition) is 1. The van der Waals surface area contributed by atoms with Crippen LogP contribution in [0.4, 0.5) is 8.78 Å². The van der Waals surface area contributed by atoms with Crippen LogP contribution in [0.2, 0.25) is 5.02 Å². The van der Waals surface area contributed by atoms with Gasteiger partial charge in [0.1, 0.15) is 5.69 Å². The highest BCUT2D eigenvalue weighted by molar-refractivity contribution is 14.1. The van der Waals surface area contributed by atoms with Crippen LogP contribution in [0.1, 0.15) is 22.6 Å². The minimum atomic E-state index is -2.81. The van der Waals surface area contributed by atoms with Gasteiger partial charge in [0, 0.05) is 3.57 Å². The lowest BCUT2D eigenvalue weighted by atomic mass is 10.3. The van der Waals surface area contributed by atoms with Crippen LogP contribution < -0.4 is 0 Å². The fourth-order valence-electron chi connectivity index (χ4n) is 0.784. The van der Waals surface area contributed by atoms with E-state index >= 15 is 0 Å². The predicted octanol–water partition coefficient (Wildman–Crippen LogP) is 2.98. The molecule has 1 N–H and O–H groups in total. The van der Waals surface area contributed by atoms with Gasteiger partial charge in [0.05, 0.1) is 5.02 Å². The summed E-state index contributed by atoms with van der Waals surface area (Å²) in [7, 11) is 0. The van der Waals surface area contributed by atoms with Crippen LogP contribution in [0.25, 0.3) is 0 Å². The van der Waals surface area contributed by atoms with Crippen molar-refractivity contribution in [1.82, 2.24) is 4.98 Å². The minimum Gasteiger partial charge on any atom is -0.476 e. The average molecular weight is 333 g/mol. The molecule has 0 saturated carbocycles. The maximum absolute atomic E-state index is 12.3. The number of pyridine rings is 1. The van der Waals surface area contributed by atoms with Gasteiger partial charge in [0.25, 0.3) is 6.43 Å². The maximum atomic E-state index is 12.3. The molecule has 0 amide bonds. The van der Waals surface area contributed by atoms with Gasteiger partial charge in [0.2, 0.25) is 0 Å². The molecule has 0 unspecified atom stereocenters. The molecule has 0 aliphatic heterocycles. The Morgan fingerprint density at radius 1 is 1.64 bits per heavy atom. The van der Waals surface area contributed by atoms with E-state index in [1.807, 2.05) is 0 Å². The number of halogens is 4.